The van der Waals surface area contributed by atoms with Crippen LogP contribution in [0.25, 0.3) is 0 Å². The van der Waals surface area contributed by atoms with Crippen LogP contribution in [0.1, 0.15) is 66.7 Å². The van der Waals surface area contributed by atoms with Gasteiger partial charge in [0.1, 0.15) is 6.10 Å². The quantitative estimate of drug-likeness (QED) is 0.730. The number of carbonyl (C=O) groups is 2. The van der Waals surface area contributed by atoms with Crippen molar-refractivity contribution in [2.45, 2.75) is 52.1 Å². The average molecular weight is 356 g/mol. The van der Waals surface area contributed by atoms with Crippen molar-refractivity contribution in [2.75, 3.05) is 6.61 Å². The van der Waals surface area contributed by atoms with E-state index in [0.29, 0.717) is 29.6 Å². The fourth-order valence-electron chi connectivity index (χ4n) is 5.41. The molecule has 0 aromatic heterocycles. The van der Waals surface area contributed by atoms with Crippen molar-refractivity contribution < 1.29 is 19.1 Å². The van der Waals surface area contributed by atoms with E-state index < -0.39 is 5.97 Å². The highest BCUT2D eigenvalue weighted by Gasteiger charge is 2.50. The lowest BCUT2D eigenvalue weighted by Gasteiger charge is -2.53. The van der Waals surface area contributed by atoms with E-state index in [2.05, 4.69) is 0 Å². The molecule has 4 saturated carbocycles. The van der Waals surface area contributed by atoms with E-state index in [1.807, 2.05) is 13.8 Å². The first-order valence-corrected chi connectivity index (χ1v) is 9.98. The zero-order chi connectivity index (χ0) is 18.3. The molecule has 4 aliphatic rings. The van der Waals surface area contributed by atoms with E-state index >= 15 is 0 Å². The number of hydrogen-bond acceptors (Lipinski definition) is 4. The monoisotopic (exact) mass is 356 g/mol. The number of carbonyl (C=O) groups excluding carboxylic acids is 2. The Morgan fingerprint density at radius 2 is 1.46 bits per heavy atom. The number of hydrogen-bond donors (Lipinski definition) is 0. The van der Waals surface area contributed by atoms with E-state index in [4.69, 9.17) is 9.47 Å². The third-order valence-electron chi connectivity index (χ3n) is 6.30. The molecule has 140 valence electrons. The van der Waals surface area contributed by atoms with E-state index in [-0.39, 0.29) is 18.0 Å². The largest absolute Gasteiger partial charge is 0.462 e. The second-order valence-electron chi connectivity index (χ2n) is 8.84. The Hall–Kier alpha value is -1.84. The maximum Gasteiger partial charge on any atom is 0.339 e. The van der Waals surface area contributed by atoms with Gasteiger partial charge in [-0.15, -0.1) is 0 Å². The Labute approximate surface area is 155 Å². The molecule has 1 aromatic rings. The molecule has 4 nitrogen and oxygen atoms in total. The van der Waals surface area contributed by atoms with Crippen LogP contribution in [0.15, 0.2) is 24.3 Å². The normalized spacial score (nSPS) is 31.9. The van der Waals surface area contributed by atoms with Crippen molar-refractivity contribution in [1.82, 2.24) is 0 Å². The Bertz CT molecular complexity index is 665. The minimum atomic E-state index is -0.448. The summed E-state index contributed by atoms with van der Waals surface area (Å²) in [4.78, 5) is 25.3. The van der Waals surface area contributed by atoms with Crippen molar-refractivity contribution in [3.8, 4) is 0 Å². The van der Waals surface area contributed by atoms with Gasteiger partial charge in [0.25, 0.3) is 0 Å². The lowest BCUT2D eigenvalue weighted by atomic mass is 9.55. The van der Waals surface area contributed by atoms with Gasteiger partial charge < -0.3 is 9.47 Å². The summed E-state index contributed by atoms with van der Waals surface area (Å²) in [5, 5.41) is 0. The van der Waals surface area contributed by atoms with Gasteiger partial charge in [-0.05, 0) is 73.8 Å². The minimum Gasteiger partial charge on any atom is -0.462 e. The zero-order valence-corrected chi connectivity index (χ0v) is 15.6. The second-order valence-corrected chi connectivity index (χ2v) is 8.84. The van der Waals surface area contributed by atoms with Gasteiger partial charge in [-0.1, -0.05) is 26.0 Å². The standard InChI is InChI=1S/C22H28O4/c1-13(2)12-25-21(23)18-5-3-4-6-19(18)22(24)26-20-16-8-14-7-15(10-16)11-17(20)9-14/h3-6,13-17,20H,7-12H2,1-2H3. The molecule has 0 aliphatic heterocycles. The molecular formula is C22H28O4. The molecule has 0 spiro atoms. The van der Waals surface area contributed by atoms with Crippen molar-refractivity contribution in [1.29, 1.82) is 0 Å². The molecule has 4 heteroatoms. The molecule has 4 aliphatic carbocycles. The van der Waals surface area contributed by atoms with Crippen LogP contribution in [0.4, 0.5) is 0 Å². The van der Waals surface area contributed by atoms with Crippen LogP contribution in [-0.2, 0) is 9.47 Å². The molecule has 5 rings (SSSR count). The summed E-state index contributed by atoms with van der Waals surface area (Å²) in [5.41, 5.74) is 0.636. The number of rotatable bonds is 5. The Balaban J connectivity index is 1.48. The van der Waals surface area contributed by atoms with Crippen LogP contribution in [0.3, 0.4) is 0 Å². The molecule has 0 radical (unpaired) electrons. The third kappa shape index (κ3) is 3.38. The molecule has 0 saturated heterocycles. The summed E-state index contributed by atoms with van der Waals surface area (Å²) in [6.07, 6.45) is 6.19. The molecule has 0 heterocycles. The van der Waals surface area contributed by atoms with Crippen molar-refractivity contribution in [2.24, 2.45) is 29.6 Å². The molecule has 0 atom stereocenters. The Morgan fingerprint density at radius 1 is 0.923 bits per heavy atom. The zero-order valence-electron chi connectivity index (χ0n) is 15.6. The summed E-state index contributed by atoms with van der Waals surface area (Å²) in [6, 6.07) is 6.85. The molecule has 0 N–H and O–H groups in total. The number of benzene rings is 1. The third-order valence-corrected chi connectivity index (χ3v) is 6.30. The summed E-state index contributed by atoms with van der Waals surface area (Å²) < 4.78 is 11.3. The minimum absolute atomic E-state index is 0.0232. The van der Waals surface area contributed by atoms with Crippen LogP contribution in [0, 0.1) is 29.6 Å². The molecular weight excluding hydrogens is 328 g/mol. The highest BCUT2D eigenvalue weighted by molar-refractivity contribution is 6.03. The van der Waals surface area contributed by atoms with Crippen LogP contribution < -0.4 is 0 Å². The summed E-state index contributed by atoms with van der Waals surface area (Å²) in [6.45, 7) is 4.32. The summed E-state index contributed by atoms with van der Waals surface area (Å²) in [5.74, 6) is 2.13. The lowest BCUT2D eigenvalue weighted by Crippen LogP contribution is -2.50. The van der Waals surface area contributed by atoms with Gasteiger partial charge in [0.05, 0.1) is 17.7 Å². The topological polar surface area (TPSA) is 52.6 Å². The van der Waals surface area contributed by atoms with E-state index in [1.54, 1.807) is 24.3 Å². The lowest BCUT2D eigenvalue weighted by molar-refractivity contribution is -0.101. The molecule has 26 heavy (non-hydrogen) atoms. The molecule has 0 unspecified atom stereocenters. The van der Waals surface area contributed by atoms with Crippen LogP contribution in [0.5, 0.6) is 0 Å². The Morgan fingerprint density at radius 3 is 2.00 bits per heavy atom. The van der Waals surface area contributed by atoms with Gasteiger partial charge >= 0.3 is 11.9 Å². The van der Waals surface area contributed by atoms with Gasteiger partial charge in [-0.25, -0.2) is 9.59 Å². The van der Waals surface area contributed by atoms with Gasteiger partial charge in [0.15, 0.2) is 0 Å². The van der Waals surface area contributed by atoms with Gasteiger partial charge in [-0.3, -0.25) is 0 Å². The molecule has 4 bridgehead atoms. The first-order valence-electron chi connectivity index (χ1n) is 9.98. The second kappa shape index (κ2) is 7.05. The Kier molecular flexibility index (Phi) is 4.76. The molecule has 4 fully saturated rings. The number of esters is 2. The highest BCUT2D eigenvalue weighted by Crippen LogP contribution is 2.54. The van der Waals surface area contributed by atoms with Crippen LogP contribution >= 0.6 is 0 Å². The van der Waals surface area contributed by atoms with Gasteiger partial charge in [0.2, 0.25) is 0 Å². The fourth-order valence-corrected chi connectivity index (χ4v) is 5.41. The van der Waals surface area contributed by atoms with Crippen molar-refractivity contribution in [3.63, 3.8) is 0 Å². The van der Waals surface area contributed by atoms with Crippen molar-refractivity contribution in [3.05, 3.63) is 35.4 Å². The first kappa shape index (κ1) is 17.6. The van der Waals surface area contributed by atoms with Crippen LogP contribution in [-0.4, -0.2) is 24.6 Å². The predicted octanol–water partition coefficient (Wildman–Crippen LogP) is 4.48. The SMILES string of the molecule is CC(C)COC(=O)c1ccccc1C(=O)OC1C2CC3CC(C2)CC1C3. The smallest absolute Gasteiger partial charge is 0.339 e. The average Bonchev–Trinajstić information content (AvgIpc) is 2.62. The highest BCUT2D eigenvalue weighted by atomic mass is 16.5. The molecule has 0 amide bonds. The van der Waals surface area contributed by atoms with E-state index in [1.165, 1.54) is 32.1 Å². The maximum absolute atomic E-state index is 12.9. The van der Waals surface area contributed by atoms with Crippen molar-refractivity contribution >= 4 is 11.9 Å². The van der Waals surface area contributed by atoms with Crippen LogP contribution in [0.2, 0.25) is 0 Å². The van der Waals surface area contributed by atoms with Gasteiger partial charge in [-0.2, -0.15) is 0 Å². The maximum atomic E-state index is 12.9. The number of ether oxygens (including phenoxy) is 2. The van der Waals surface area contributed by atoms with E-state index in [9.17, 15) is 9.59 Å². The molecule has 1 aromatic carbocycles. The summed E-state index contributed by atoms with van der Waals surface area (Å²) in [7, 11) is 0. The van der Waals surface area contributed by atoms with E-state index in [0.717, 1.165) is 11.8 Å². The summed E-state index contributed by atoms with van der Waals surface area (Å²) >= 11 is 0. The van der Waals surface area contributed by atoms with Gasteiger partial charge in [0, 0.05) is 0 Å². The fraction of sp³-hybridized carbons (Fsp3) is 0.636. The predicted molar refractivity (Wildman–Crippen MR) is 97.8 cm³/mol. The first-order chi connectivity index (χ1) is 12.5.